The van der Waals surface area contributed by atoms with Crippen molar-refractivity contribution >= 4 is 11.8 Å². The summed E-state index contributed by atoms with van der Waals surface area (Å²) in [5, 5.41) is 17.7. The maximum atomic E-state index is 11.3. The normalized spacial score (nSPS) is 24.0. The average Bonchev–Trinajstić information content (AvgIpc) is 2.48. The fourth-order valence-electron chi connectivity index (χ4n) is 1.45. The Morgan fingerprint density at radius 3 is 2.79 bits per heavy atom. The maximum Gasteiger partial charge on any atom is 0.223 e. The Bertz CT molecular complexity index is 243. The summed E-state index contributed by atoms with van der Waals surface area (Å²) in [6.07, 6.45) is -0.849. The minimum absolute atomic E-state index is 0.0547. The third kappa shape index (κ3) is 2.43. The van der Waals surface area contributed by atoms with E-state index in [1.807, 2.05) is 0 Å². The largest absolute Gasteiger partial charge is 0.394 e. The molecule has 2 amide bonds. The Hall–Kier alpha value is -1.14. The molecule has 0 aliphatic carbocycles. The van der Waals surface area contributed by atoms with Crippen LogP contribution in [0, 0.1) is 5.92 Å². The van der Waals surface area contributed by atoms with Crippen molar-refractivity contribution in [3.05, 3.63) is 0 Å². The van der Waals surface area contributed by atoms with Crippen LogP contribution in [-0.4, -0.2) is 52.7 Å². The fourth-order valence-corrected chi connectivity index (χ4v) is 1.45. The van der Waals surface area contributed by atoms with E-state index in [4.69, 9.17) is 15.9 Å². The van der Waals surface area contributed by atoms with Crippen molar-refractivity contribution in [1.82, 2.24) is 4.90 Å². The summed E-state index contributed by atoms with van der Waals surface area (Å²) in [6, 6.07) is 0. The molecule has 1 heterocycles. The number of primary amides is 1. The van der Waals surface area contributed by atoms with Crippen molar-refractivity contribution in [1.29, 1.82) is 0 Å². The number of nitrogens with two attached hydrogens (primary N) is 1. The van der Waals surface area contributed by atoms with E-state index in [0.29, 0.717) is 0 Å². The number of rotatable bonds is 4. The molecule has 0 aromatic carbocycles. The van der Waals surface area contributed by atoms with Gasteiger partial charge in [0.25, 0.3) is 0 Å². The van der Waals surface area contributed by atoms with E-state index in [1.165, 1.54) is 4.90 Å². The second-order valence-electron chi connectivity index (χ2n) is 3.44. The van der Waals surface area contributed by atoms with Crippen LogP contribution in [0.3, 0.4) is 0 Å². The van der Waals surface area contributed by atoms with Crippen molar-refractivity contribution in [2.24, 2.45) is 11.7 Å². The lowest BCUT2D eigenvalue weighted by Gasteiger charge is -2.18. The summed E-state index contributed by atoms with van der Waals surface area (Å²) in [7, 11) is 0. The van der Waals surface area contributed by atoms with Gasteiger partial charge in [0, 0.05) is 19.5 Å². The van der Waals surface area contributed by atoms with Crippen LogP contribution in [0.1, 0.15) is 6.42 Å². The molecule has 6 heteroatoms. The number of aliphatic hydroxyl groups excluding tert-OH is 2. The first-order chi connectivity index (χ1) is 6.54. The van der Waals surface area contributed by atoms with E-state index in [1.54, 1.807) is 0 Å². The van der Waals surface area contributed by atoms with Gasteiger partial charge in [0.05, 0.1) is 18.6 Å². The summed E-state index contributed by atoms with van der Waals surface area (Å²) >= 11 is 0. The van der Waals surface area contributed by atoms with E-state index in [2.05, 4.69) is 0 Å². The van der Waals surface area contributed by atoms with Crippen LogP contribution in [0.25, 0.3) is 0 Å². The second-order valence-corrected chi connectivity index (χ2v) is 3.44. The molecule has 1 saturated heterocycles. The van der Waals surface area contributed by atoms with Crippen LogP contribution in [-0.2, 0) is 9.59 Å². The fraction of sp³-hybridized carbons (Fsp3) is 0.750. The van der Waals surface area contributed by atoms with Crippen molar-refractivity contribution in [3.63, 3.8) is 0 Å². The lowest BCUT2D eigenvalue weighted by atomic mass is 10.1. The zero-order valence-corrected chi connectivity index (χ0v) is 7.72. The maximum absolute atomic E-state index is 11.3. The molecule has 0 aromatic heterocycles. The zero-order chi connectivity index (χ0) is 10.7. The van der Waals surface area contributed by atoms with Crippen molar-refractivity contribution in [2.75, 3.05) is 19.7 Å². The Labute approximate surface area is 81.3 Å². The molecule has 0 radical (unpaired) electrons. The van der Waals surface area contributed by atoms with Crippen molar-refractivity contribution in [2.45, 2.75) is 12.5 Å². The highest BCUT2D eigenvalue weighted by molar-refractivity contribution is 5.88. The Balaban J connectivity index is 2.48. The molecular formula is C8H14N2O4. The van der Waals surface area contributed by atoms with E-state index < -0.39 is 24.5 Å². The number of hydrogen-bond donors (Lipinski definition) is 3. The van der Waals surface area contributed by atoms with Gasteiger partial charge in [-0.3, -0.25) is 9.59 Å². The highest BCUT2D eigenvalue weighted by Gasteiger charge is 2.33. The Kier molecular flexibility index (Phi) is 3.43. The first-order valence-electron chi connectivity index (χ1n) is 4.40. The molecule has 0 bridgehead atoms. The predicted molar refractivity (Wildman–Crippen MR) is 47.0 cm³/mol. The Morgan fingerprint density at radius 2 is 2.36 bits per heavy atom. The third-order valence-corrected chi connectivity index (χ3v) is 2.26. The van der Waals surface area contributed by atoms with Gasteiger partial charge in [0.15, 0.2) is 0 Å². The summed E-state index contributed by atoms with van der Waals surface area (Å²) < 4.78 is 0. The molecule has 1 aliphatic heterocycles. The lowest BCUT2D eigenvalue weighted by molar-refractivity contribution is -0.129. The molecule has 1 fully saturated rings. The summed E-state index contributed by atoms with van der Waals surface area (Å²) in [6.45, 7) is -0.102. The molecule has 0 saturated carbocycles. The molecule has 2 atom stereocenters. The number of carbonyl (C=O) groups is 2. The van der Waals surface area contributed by atoms with Gasteiger partial charge < -0.3 is 20.8 Å². The van der Waals surface area contributed by atoms with Crippen LogP contribution in [0.15, 0.2) is 0 Å². The minimum Gasteiger partial charge on any atom is -0.394 e. The molecule has 1 aliphatic rings. The molecule has 0 spiro atoms. The van der Waals surface area contributed by atoms with Gasteiger partial charge in [0.1, 0.15) is 0 Å². The first kappa shape index (κ1) is 10.9. The number of likely N-dealkylation sites (tertiary alicyclic amines) is 1. The highest BCUT2D eigenvalue weighted by Crippen LogP contribution is 2.17. The summed E-state index contributed by atoms with van der Waals surface area (Å²) in [5.74, 6) is -1.17. The lowest BCUT2D eigenvalue weighted by Crippen LogP contribution is -2.36. The van der Waals surface area contributed by atoms with Crippen LogP contribution >= 0.6 is 0 Å². The number of β-amino-alcohol motifs (C(OH)–C–C–N with tert-alkyl or cyclic N) is 1. The van der Waals surface area contributed by atoms with Gasteiger partial charge in [-0.15, -0.1) is 0 Å². The van der Waals surface area contributed by atoms with E-state index in [-0.39, 0.29) is 25.4 Å². The van der Waals surface area contributed by atoms with Gasteiger partial charge in [0.2, 0.25) is 11.8 Å². The predicted octanol–water partition coefficient (Wildman–Crippen LogP) is -2.33. The van der Waals surface area contributed by atoms with E-state index in [0.717, 1.165) is 0 Å². The SMILES string of the molecule is NC(=O)C1CC(=O)N(C[C@@H](O)CO)C1. The second kappa shape index (κ2) is 4.39. The van der Waals surface area contributed by atoms with Crippen LogP contribution < -0.4 is 5.73 Å². The van der Waals surface area contributed by atoms with Gasteiger partial charge in [-0.25, -0.2) is 0 Å². The molecule has 80 valence electrons. The number of nitrogens with zero attached hydrogens (tertiary/aromatic N) is 1. The van der Waals surface area contributed by atoms with Gasteiger partial charge in [-0.2, -0.15) is 0 Å². The van der Waals surface area contributed by atoms with E-state index >= 15 is 0 Å². The smallest absolute Gasteiger partial charge is 0.223 e. The zero-order valence-electron chi connectivity index (χ0n) is 7.72. The van der Waals surface area contributed by atoms with E-state index in [9.17, 15) is 9.59 Å². The number of hydrogen-bond acceptors (Lipinski definition) is 4. The van der Waals surface area contributed by atoms with Gasteiger partial charge >= 0.3 is 0 Å². The quantitative estimate of drug-likeness (QED) is 0.475. The van der Waals surface area contributed by atoms with Gasteiger partial charge in [-0.1, -0.05) is 0 Å². The molecule has 0 aromatic rings. The number of carbonyl (C=O) groups excluding carboxylic acids is 2. The number of aliphatic hydroxyl groups is 2. The van der Waals surface area contributed by atoms with Crippen LogP contribution in [0.2, 0.25) is 0 Å². The van der Waals surface area contributed by atoms with Crippen LogP contribution in [0.4, 0.5) is 0 Å². The highest BCUT2D eigenvalue weighted by atomic mass is 16.3. The molecule has 14 heavy (non-hydrogen) atoms. The van der Waals surface area contributed by atoms with Crippen LogP contribution in [0.5, 0.6) is 0 Å². The van der Waals surface area contributed by atoms with Crippen molar-refractivity contribution in [3.8, 4) is 0 Å². The minimum atomic E-state index is -0.953. The molecule has 6 nitrogen and oxygen atoms in total. The topological polar surface area (TPSA) is 104 Å². The average molecular weight is 202 g/mol. The molecular weight excluding hydrogens is 188 g/mol. The molecule has 1 rings (SSSR count). The van der Waals surface area contributed by atoms with Crippen molar-refractivity contribution < 1.29 is 19.8 Å². The first-order valence-corrected chi connectivity index (χ1v) is 4.40. The summed E-state index contributed by atoms with van der Waals surface area (Å²) in [4.78, 5) is 23.4. The summed E-state index contributed by atoms with van der Waals surface area (Å²) in [5.41, 5.74) is 5.06. The third-order valence-electron chi connectivity index (χ3n) is 2.26. The molecule has 1 unspecified atom stereocenters. The molecule has 4 N–H and O–H groups in total. The standard InChI is InChI=1S/C8H14N2O4/c9-8(14)5-1-7(13)10(2-5)3-6(12)4-11/h5-6,11-12H,1-4H2,(H2,9,14)/t5?,6-/m1/s1. The van der Waals surface area contributed by atoms with Gasteiger partial charge in [-0.05, 0) is 0 Å². The number of amides is 2. The monoisotopic (exact) mass is 202 g/mol. The Morgan fingerprint density at radius 1 is 1.71 bits per heavy atom.